The lowest BCUT2D eigenvalue weighted by Gasteiger charge is -2.18. The Morgan fingerprint density at radius 3 is 2.50 bits per heavy atom. The van der Waals surface area contributed by atoms with Crippen LogP contribution in [0, 0.1) is 5.92 Å². The van der Waals surface area contributed by atoms with Crippen LogP contribution in [0.5, 0.6) is 0 Å². The molecule has 0 aliphatic carbocycles. The first-order valence-corrected chi connectivity index (χ1v) is 9.09. The first-order chi connectivity index (χ1) is 12.1. The second-order valence-electron chi connectivity index (χ2n) is 6.97. The van der Waals surface area contributed by atoms with Gasteiger partial charge >= 0.3 is 0 Å². The van der Waals surface area contributed by atoms with E-state index in [-0.39, 0.29) is 24.0 Å². The van der Waals surface area contributed by atoms with Crippen LogP contribution in [0.1, 0.15) is 44.7 Å². The zero-order valence-electron chi connectivity index (χ0n) is 16.3. The van der Waals surface area contributed by atoms with Crippen molar-refractivity contribution in [3.05, 3.63) is 53.9 Å². The molecule has 1 unspecified atom stereocenters. The number of halogens is 1. The van der Waals surface area contributed by atoms with Crippen LogP contribution in [0.3, 0.4) is 0 Å². The number of aromatic nitrogens is 2. The van der Waals surface area contributed by atoms with Crippen LogP contribution in [0.4, 0.5) is 0 Å². The van der Waals surface area contributed by atoms with E-state index in [9.17, 15) is 0 Å². The molecule has 0 spiro atoms. The predicted octanol–water partition coefficient (Wildman–Crippen LogP) is 4.04. The molecule has 2 aromatic rings. The van der Waals surface area contributed by atoms with Crippen molar-refractivity contribution in [1.29, 1.82) is 0 Å². The van der Waals surface area contributed by atoms with Gasteiger partial charge in [0.2, 0.25) is 0 Å². The third-order valence-corrected chi connectivity index (χ3v) is 4.12. The number of nitrogens with zero attached hydrogens (tertiary/aromatic N) is 3. The van der Waals surface area contributed by atoms with E-state index in [2.05, 4.69) is 72.0 Å². The average molecular weight is 469 g/mol. The topological polar surface area (TPSA) is 54.2 Å². The van der Waals surface area contributed by atoms with Gasteiger partial charge < -0.3 is 10.6 Å². The molecule has 0 amide bonds. The average Bonchev–Trinajstić information content (AvgIpc) is 3.05. The maximum Gasteiger partial charge on any atom is 0.191 e. The van der Waals surface area contributed by atoms with E-state index in [1.807, 2.05) is 24.0 Å². The van der Waals surface area contributed by atoms with Crippen LogP contribution < -0.4 is 10.6 Å². The van der Waals surface area contributed by atoms with Crippen molar-refractivity contribution in [2.24, 2.45) is 10.9 Å². The quantitative estimate of drug-likeness (QED) is 0.349. The Morgan fingerprint density at radius 1 is 1.12 bits per heavy atom. The lowest BCUT2D eigenvalue weighted by Crippen LogP contribution is -2.41. The van der Waals surface area contributed by atoms with Gasteiger partial charge in [0.15, 0.2) is 5.96 Å². The molecule has 5 nitrogen and oxygen atoms in total. The molecule has 2 rings (SSSR count). The van der Waals surface area contributed by atoms with Crippen LogP contribution in [0.2, 0.25) is 0 Å². The van der Waals surface area contributed by atoms with Gasteiger partial charge in [0.25, 0.3) is 0 Å². The van der Waals surface area contributed by atoms with Crippen LogP contribution in [-0.4, -0.2) is 28.8 Å². The monoisotopic (exact) mass is 469 g/mol. The minimum Gasteiger partial charge on any atom is -0.354 e. The fourth-order valence-electron chi connectivity index (χ4n) is 2.62. The van der Waals surface area contributed by atoms with Gasteiger partial charge in [-0.15, -0.1) is 24.0 Å². The van der Waals surface area contributed by atoms with Crippen LogP contribution >= 0.6 is 24.0 Å². The van der Waals surface area contributed by atoms with E-state index in [1.54, 1.807) is 0 Å². The maximum absolute atomic E-state index is 4.44. The van der Waals surface area contributed by atoms with Crippen molar-refractivity contribution < 1.29 is 0 Å². The Hall–Kier alpha value is -1.57. The molecule has 0 aliphatic heterocycles. The molecule has 1 aromatic carbocycles. The van der Waals surface area contributed by atoms with Gasteiger partial charge in [0.05, 0.1) is 12.7 Å². The summed E-state index contributed by atoms with van der Waals surface area (Å²) in [5.41, 5.74) is 2.40. The van der Waals surface area contributed by atoms with E-state index in [0.717, 1.165) is 30.4 Å². The van der Waals surface area contributed by atoms with Crippen molar-refractivity contribution in [3.8, 4) is 0 Å². The normalized spacial score (nSPS) is 12.6. The molecular formula is C20H32IN5. The highest BCUT2D eigenvalue weighted by Gasteiger charge is 2.07. The molecule has 0 saturated heterocycles. The van der Waals surface area contributed by atoms with Crippen molar-refractivity contribution >= 4 is 29.9 Å². The molecule has 0 fully saturated rings. The number of guanidine groups is 1. The van der Waals surface area contributed by atoms with E-state index in [0.29, 0.717) is 12.6 Å². The van der Waals surface area contributed by atoms with E-state index in [4.69, 9.17) is 0 Å². The Bertz CT molecular complexity index is 651. The summed E-state index contributed by atoms with van der Waals surface area (Å²) >= 11 is 0. The zero-order valence-corrected chi connectivity index (χ0v) is 18.6. The SMILES string of the molecule is CN=C(NCc1cnn(Cc2ccccc2)c1)NC(C)CCC(C)C.I. The zero-order chi connectivity index (χ0) is 18.1. The Morgan fingerprint density at radius 2 is 1.85 bits per heavy atom. The summed E-state index contributed by atoms with van der Waals surface area (Å²) in [4.78, 5) is 4.31. The molecule has 26 heavy (non-hydrogen) atoms. The van der Waals surface area contributed by atoms with Crippen molar-refractivity contribution in [1.82, 2.24) is 20.4 Å². The largest absolute Gasteiger partial charge is 0.354 e. The fourth-order valence-corrected chi connectivity index (χ4v) is 2.62. The van der Waals surface area contributed by atoms with E-state index in [1.165, 1.54) is 12.0 Å². The van der Waals surface area contributed by atoms with Gasteiger partial charge in [-0.1, -0.05) is 44.2 Å². The maximum atomic E-state index is 4.44. The van der Waals surface area contributed by atoms with Gasteiger partial charge in [-0.2, -0.15) is 5.10 Å². The predicted molar refractivity (Wildman–Crippen MR) is 120 cm³/mol. The van der Waals surface area contributed by atoms with Gasteiger partial charge in [0.1, 0.15) is 0 Å². The van der Waals surface area contributed by atoms with Gasteiger partial charge in [-0.05, 0) is 31.2 Å². The minimum atomic E-state index is 0. The molecule has 0 aliphatic rings. The van der Waals surface area contributed by atoms with Crippen LogP contribution in [0.15, 0.2) is 47.7 Å². The first-order valence-electron chi connectivity index (χ1n) is 9.09. The first kappa shape index (κ1) is 22.5. The number of benzene rings is 1. The molecule has 0 bridgehead atoms. The van der Waals surface area contributed by atoms with Crippen molar-refractivity contribution in [2.45, 2.75) is 52.7 Å². The number of rotatable bonds is 8. The molecule has 1 aromatic heterocycles. The lowest BCUT2D eigenvalue weighted by molar-refractivity contribution is 0.489. The third kappa shape index (κ3) is 8.21. The molecular weight excluding hydrogens is 437 g/mol. The summed E-state index contributed by atoms with van der Waals surface area (Å²) in [7, 11) is 1.81. The number of nitrogens with one attached hydrogen (secondary N) is 2. The smallest absolute Gasteiger partial charge is 0.191 e. The minimum absolute atomic E-state index is 0. The highest BCUT2D eigenvalue weighted by Crippen LogP contribution is 2.06. The number of hydrogen-bond acceptors (Lipinski definition) is 2. The Balaban J connectivity index is 0.00000338. The number of aliphatic imine (C=N–C) groups is 1. The van der Waals surface area contributed by atoms with Gasteiger partial charge in [-0.3, -0.25) is 9.67 Å². The fraction of sp³-hybridized carbons (Fsp3) is 0.500. The van der Waals surface area contributed by atoms with Gasteiger partial charge in [0, 0.05) is 31.4 Å². The summed E-state index contributed by atoms with van der Waals surface area (Å²) < 4.78 is 1.97. The summed E-state index contributed by atoms with van der Waals surface area (Å²) in [5.74, 6) is 1.57. The second kappa shape index (κ2) is 11.9. The highest BCUT2D eigenvalue weighted by molar-refractivity contribution is 14.0. The second-order valence-corrected chi connectivity index (χ2v) is 6.97. The number of hydrogen-bond donors (Lipinski definition) is 2. The molecule has 1 atom stereocenters. The van der Waals surface area contributed by atoms with Crippen molar-refractivity contribution in [2.75, 3.05) is 7.05 Å². The van der Waals surface area contributed by atoms with E-state index >= 15 is 0 Å². The van der Waals surface area contributed by atoms with Crippen molar-refractivity contribution in [3.63, 3.8) is 0 Å². The molecule has 0 radical (unpaired) electrons. The van der Waals surface area contributed by atoms with E-state index < -0.39 is 0 Å². The third-order valence-electron chi connectivity index (χ3n) is 4.12. The molecule has 0 saturated carbocycles. The summed E-state index contributed by atoms with van der Waals surface area (Å²) in [5, 5.41) is 11.3. The highest BCUT2D eigenvalue weighted by atomic mass is 127. The standard InChI is InChI=1S/C20H31N5.HI/c1-16(2)10-11-17(3)24-20(21-4)22-12-19-13-23-25(15-19)14-18-8-6-5-7-9-18;/h5-9,13,15-17H,10-12,14H2,1-4H3,(H2,21,22,24);1H. The Labute approximate surface area is 174 Å². The molecule has 144 valence electrons. The summed E-state index contributed by atoms with van der Waals surface area (Å²) in [6, 6.07) is 10.8. The lowest BCUT2D eigenvalue weighted by atomic mass is 10.0. The van der Waals surface area contributed by atoms with Crippen LogP contribution in [-0.2, 0) is 13.1 Å². The molecule has 2 N–H and O–H groups in total. The molecule has 1 heterocycles. The Kier molecular flexibility index (Phi) is 10.3. The van der Waals surface area contributed by atoms with Gasteiger partial charge in [-0.25, -0.2) is 0 Å². The van der Waals surface area contributed by atoms with Crippen LogP contribution in [0.25, 0.3) is 0 Å². The summed E-state index contributed by atoms with van der Waals surface area (Å²) in [6.45, 7) is 8.22. The molecule has 6 heteroatoms. The summed E-state index contributed by atoms with van der Waals surface area (Å²) in [6.07, 6.45) is 6.35.